The van der Waals surface area contributed by atoms with Crippen LogP contribution in [-0.2, 0) is 14.2 Å². The van der Waals surface area contributed by atoms with E-state index in [2.05, 4.69) is 0 Å². The van der Waals surface area contributed by atoms with Gasteiger partial charge in [-0.25, -0.2) is 9.18 Å². The molecule has 2 aromatic carbocycles. The molecule has 0 bridgehead atoms. The zero-order valence-corrected chi connectivity index (χ0v) is 21.1. The summed E-state index contributed by atoms with van der Waals surface area (Å²) in [5, 5.41) is 0. The molecule has 2 aromatic rings. The standard InChI is InChI=1S/C28H38FNO4/c1-20-10-8-11-21(18-20)26-23(13-9-14-24(26)29)22(12-6-7-16-32-5)25-19-30(15-17-33-25)27(31)34-28(2,3)4/h8-11,13-14,18,22,25H,6-7,12,15-17,19H2,1-5H3. The lowest BCUT2D eigenvalue weighted by Crippen LogP contribution is -2.49. The predicted octanol–water partition coefficient (Wildman–Crippen LogP) is 6.34. The molecule has 1 aliphatic heterocycles. The van der Waals surface area contributed by atoms with Crippen molar-refractivity contribution in [2.45, 2.75) is 64.6 Å². The van der Waals surface area contributed by atoms with Gasteiger partial charge >= 0.3 is 6.09 Å². The minimum absolute atomic E-state index is 0.0756. The van der Waals surface area contributed by atoms with Gasteiger partial charge in [0.2, 0.25) is 0 Å². The molecule has 1 heterocycles. The van der Waals surface area contributed by atoms with Gasteiger partial charge in [-0.15, -0.1) is 0 Å². The number of unbranched alkanes of at least 4 members (excludes halogenated alkanes) is 1. The average molecular weight is 472 g/mol. The third-order valence-electron chi connectivity index (χ3n) is 6.06. The number of benzene rings is 2. The fourth-order valence-corrected chi connectivity index (χ4v) is 4.52. The first-order valence-corrected chi connectivity index (χ1v) is 12.1. The number of aryl methyl sites for hydroxylation is 1. The van der Waals surface area contributed by atoms with Crippen molar-refractivity contribution >= 4 is 6.09 Å². The molecule has 0 aliphatic carbocycles. The monoisotopic (exact) mass is 471 g/mol. The van der Waals surface area contributed by atoms with Crippen LogP contribution in [-0.4, -0.2) is 56.1 Å². The summed E-state index contributed by atoms with van der Waals surface area (Å²) in [6, 6.07) is 13.2. The number of halogens is 1. The van der Waals surface area contributed by atoms with E-state index >= 15 is 4.39 Å². The van der Waals surface area contributed by atoms with Crippen LogP contribution in [0.1, 0.15) is 57.1 Å². The maximum absolute atomic E-state index is 15.3. The minimum atomic E-state index is -0.564. The van der Waals surface area contributed by atoms with Gasteiger partial charge in [-0.1, -0.05) is 48.4 Å². The zero-order valence-electron chi connectivity index (χ0n) is 21.1. The van der Waals surface area contributed by atoms with E-state index in [1.54, 1.807) is 18.1 Å². The van der Waals surface area contributed by atoms with Crippen LogP contribution >= 0.6 is 0 Å². The Morgan fingerprint density at radius 1 is 1.21 bits per heavy atom. The van der Waals surface area contributed by atoms with E-state index in [9.17, 15) is 4.79 Å². The van der Waals surface area contributed by atoms with Crippen LogP contribution in [0.25, 0.3) is 11.1 Å². The molecule has 0 spiro atoms. The van der Waals surface area contributed by atoms with Gasteiger partial charge in [0.25, 0.3) is 0 Å². The van der Waals surface area contributed by atoms with E-state index in [0.717, 1.165) is 36.0 Å². The molecule has 186 valence electrons. The van der Waals surface area contributed by atoms with Crippen molar-refractivity contribution in [3.8, 4) is 11.1 Å². The molecule has 3 rings (SSSR count). The molecule has 0 saturated carbocycles. The number of hydrogen-bond donors (Lipinski definition) is 0. The molecule has 1 saturated heterocycles. The Hall–Kier alpha value is -2.44. The predicted molar refractivity (Wildman–Crippen MR) is 133 cm³/mol. The number of morpholine rings is 1. The summed E-state index contributed by atoms with van der Waals surface area (Å²) in [4.78, 5) is 14.5. The van der Waals surface area contributed by atoms with Crippen molar-refractivity contribution in [1.82, 2.24) is 4.90 Å². The molecule has 0 N–H and O–H groups in total. The Morgan fingerprint density at radius 2 is 1.97 bits per heavy atom. The number of ether oxygens (including phenoxy) is 3. The molecule has 6 heteroatoms. The normalized spacial score (nSPS) is 17.5. The molecule has 2 atom stereocenters. The molecule has 0 aromatic heterocycles. The van der Waals surface area contributed by atoms with Gasteiger partial charge in [0, 0.05) is 31.7 Å². The lowest BCUT2D eigenvalue weighted by Gasteiger charge is -2.38. The molecule has 34 heavy (non-hydrogen) atoms. The summed E-state index contributed by atoms with van der Waals surface area (Å²) in [5.41, 5.74) is 2.90. The molecular weight excluding hydrogens is 433 g/mol. The van der Waals surface area contributed by atoms with E-state index < -0.39 is 5.60 Å². The Kier molecular flexibility index (Phi) is 9.09. The van der Waals surface area contributed by atoms with Gasteiger partial charge < -0.3 is 19.1 Å². The third kappa shape index (κ3) is 7.03. The number of carbonyl (C=O) groups excluding carboxylic acids is 1. The van der Waals surface area contributed by atoms with Crippen molar-refractivity contribution in [1.29, 1.82) is 0 Å². The quantitative estimate of drug-likeness (QED) is 0.422. The smallest absolute Gasteiger partial charge is 0.410 e. The van der Waals surface area contributed by atoms with Crippen molar-refractivity contribution in [2.75, 3.05) is 33.4 Å². The lowest BCUT2D eigenvalue weighted by atomic mass is 9.82. The van der Waals surface area contributed by atoms with E-state index in [1.165, 1.54) is 6.07 Å². The second-order valence-electron chi connectivity index (χ2n) is 10.0. The fraction of sp³-hybridized carbons (Fsp3) is 0.536. The van der Waals surface area contributed by atoms with Gasteiger partial charge in [-0.2, -0.15) is 0 Å². The first-order chi connectivity index (χ1) is 16.2. The van der Waals surface area contributed by atoms with Crippen LogP contribution in [0.4, 0.5) is 9.18 Å². The van der Waals surface area contributed by atoms with E-state index in [0.29, 0.717) is 31.9 Å². The number of methoxy groups -OCH3 is 1. The maximum Gasteiger partial charge on any atom is 0.410 e. The van der Waals surface area contributed by atoms with Gasteiger partial charge in [0.15, 0.2) is 0 Å². The number of nitrogens with zero attached hydrogens (tertiary/aromatic N) is 1. The van der Waals surface area contributed by atoms with E-state index in [4.69, 9.17) is 14.2 Å². The van der Waals surface area contributed by atoms with Gasteiger partial charge in [0.1, 0.15) is 11.4 Å². The summed E-state index contributed by atoms with van der Waals surface area (Å²) >= 11 is 0. The molecule has 1 aliphatic rings. The first-order valence-electron chi connectivity index (χ1n) is 12.1. The average Bonchev–Trinajstić information content (AvgIpc) is 2.78. The van der Waals surface area contributed by atoms with Crippen molar-refractivity contribution in [3.05, 3.63) is 59.4 Å². The largest absolute Gasteiger partial charge is 0.444 e. The topological polar surface area (TPSA) is 48.0 Å². The second-order valence-corrected chi connectivity index (χ2v) is 10.0. The Labute approximate surface area is 203 Å². The summed E-state index contributed by atoms with van der Waals surface area (Å²) in [5.74, 6) is -0.321. The molecular formula is C28H38FNO4. The molecule has 1 fully saturated rings. The number of hydrogen-bond acceptors (Lipinski definition) is 4. The summed E-state index contributed by atoms with van der Waals surface area (Å²) in [6.07, 6.45) is 2.03. The molecule has 5 nitrogen and oxygen atoms in total. The Morgan fingerprint density at radius 3 is 2.68 bits per heavy atom. The maximum atomic E-state index is 15.3. The van der Waals surface area contributed by atoms with E-state index in [-0.39, 0.29) is 23.9 Å². The van der Waals surface area contributed by atoms with Gasteiger partial charge in [-0.05, 0) is 57.7 Å². The van der Waals surface area contributed by atoms with E-state index in [1.807, 2.05) is 58.0 Å². The number of rotatable bonds is 8. The second kappa shape index (κ2) is 11.8. The Balaban J connectivity index is 1.94. The number of amides is 1. The first kappa shape index (κ1) is 26.2. The zero-order chi connectivity index (χ0) is 24.7. The van der Waals surface area contributed by atoms with Crippen LogP contribution < -0.4 is 0 Å². The minimum Gasteiger partial charge on any atom is -0.444 e. The van der Waals surface area contributed by atoms with Crippen LogP contribution in [0.15, 0.2) is 42.5 Å². The van der Waals surface area contributed by atoms with Crippen molar-refractivity contribution < 1.29 is 23.4 Å². The van der Waals surface area contributed by atoms with Gasteiger partial charge in [-0.3, -0.25) is 0 Å². The number of carbonyl (C=O) groups is 1. The third-order valence-corrected chi connectivity index (χ3v) is 6.06. The highest BCUT2D eigenvalue weighted by atomic mass is 19.1. The summed E-state index contributed by atoms with van der Waals surface area (Å²) < 4.78 is 32.3. The molecule has 1 amide bonds. The Bertz CT molecular complexity index is 956. The van der Waals surface area contributed by atoms with Crippen LogP contribution in [0, 0.1) is 12.7 Å². The summed E-state index contributed by atoms with van der Waals surface area (Å²) in [6.45, 7) is 9.59. The fourth-order valence-electron chi connectivity index (χ4n) is 4.52. The highest BCUT2D eigenvalue weighted by molar-refractivity contribution is 5.70. The van der Waals surface area contributed by atoms with Gasteiger partial charge in [0.05, 0.1) is 19.3 Å². The SMILES string of the molecule is COCCCCC(c1cccc(F)c1-c1cccc(C)c1)C1CN(C(=O)OC(C)(C)C)CCO1. The molecule has 0 radical (unpaired) electrons. The molecule has 2 unspecified atom stereocenters. The lowest BCUT2D eigenvalue weighted by molar-refractivity contribution is -0.0526. The summed E-state index contributed by atoms with van der Waals surface area (Å²) in [7, 11) is 1.70. The van der Waals surface area contributed by atoms with Crippen LogP contribution in [0.2, 0.25) is 0 Å². The van der Waals surface area contributed by atoms with Crippen molar-refractivity contribution in [3.63, 3.8) is 0 Å². The highest BCUT2D eigenvalue weighted by Crippen LogP contribution is 2.38. The highest BCUT2D eigenvalue weighted by Gasteiger charge is 2.34. The van der Waals surface area contributed by atoms with Crippen molar-refractivity contribution in [2.24, 2.45) is 0 Å². The van der Waals surface area contributed by atoms with Crippen LogP contribution in [0.3, 0.4) is 0 Å². The van der Waals surface area contributed by atoms with Crippen LogP contribution in [0.5, 0.6) is 0 Å².